The van der Waals surface area contributed by atoms with Crippen LogP contribution in [0.1, 0.15) is 335 Å². The number of esters is 3. The molecule has 0 rings (SSSR count). The Labute approximate surface area is 496 Å². The van der Waals surface area contributed by atoms with Crippen molar-refractivity contribution >= 4 is 17.9 Å². The normalized spacial score (nSPS) is 12.7. The summed E-state index contributed by atoms with van der Waals surface area (Å²) in [6.45, 7) is 6.50. The Morgan fingerprint density at radius 3 is 0.812 bits per heavy atom. The molecule has 0 aliphatic heterocycles. The lowest BCUT2D eigenvalue weighted by molar-refractivity contribution is -0.167. The molecule has 1 atom stereocenters. The monoisotopic (exact) mass is 1110 g/mol. The van der Waals surface area contributed by atoms with Gasteiger partial charge in [-0.2, -0.15) is 0 Å². The van der Waals surface area contributed by atoms with E-state index in [2.05, 4.69) is 118 Å². The van der Waals surface area contributed by atoms with Crippen molar-refractivity contribution in [3.8, 4) is 0 Å². The topological polar surface area (TPSA) is 78.9 Å². The molecule has 0 amide bonds. The molecule has 0 aromatic heterocycles. The Bertz CT molecular complexity index is 1560. The van der Waals surface area contributed by atoms with E-state index in [1.54, 1.807) is 0 Å². The summed E-state index contributed by atoms with van der Waals surface area (Å²) in [7, 11) is 0. The van der Waals surface area contributed by atoms with E-state index in [-0.39, 0.29) is 31.1 Å². The molecule has 0 radical (unpaired) electrons. The number of hydrogen-bond donors (Lipinski definition) is 0. The maximum absolute atomic E-state index is 12.9. The van der Waals surface area contributed by atoms with Crippen molar-refractivity contribution < 1.29 is 28.6 Å². The molecule has 6 heteroatoms. The van der Waals surface area contributed by atoms with Gasteiger partial charge in [0.05, 0.1) is 0 Å². The lowest BCUT2D eigenvalue weighted by atomic mass is 10.0. The summed E-state index contributed by atoms with van der Waals surface area (Å²) in [4.78, 5) is 38.4. The Hall–Kier alpha value is -3.67. The first-order chi connectivity index (χ1) is 39.5. The summed E-state index contributed by atoms with van der Waals surface area (Å²) in [6.07, 6.45) is 91.4. The van der Waals surface area contributed by atoms with E-state index >= 15 is 0 Å². The molecule has 0 fully saturated rings. The van der Waals surface area contributed by atoms with Crippen molar-refractivity contribution in [2.24, 2.45) is 0 Å². The van der Waals surface area contributed by atoms with Gasteiger partial charge in [-0.25, -0.2) is 0 Å². The Morgan fingerprint density at radius 1 is 0.263 bits per heavy atom. The van der Waals surface area contributed by atoms with Crippen LogP contribution in [0, 0.1) is 0 Å². The van der Waals surface area contributed by atoms with Crippen LogP contribution in [0.5, 0.6) is 0 Å². The van der Waals surface area contributed by atoms with Gasteiger partial charge in [-0.05, 0) is 116 Å². The van der Waals surface area contributed by atoms with Crippen LogP contribution in [0.3, 0.4) is 0 Å². The molecule has 0 spiro atoms. The van der Waals surface area contributed by atoms with Crippen LogP contribution >= 0.6 is 0 Å². The molecule has 0 aromatic carbocycles. The molecule has 0 saturated carbocycles. The number of unbranched alkanes of at least 4 members (excludes halogenated alkanes) is 35. The first kappa shape index (κ1) is 76.3. The summed E-state index contributed by atoms with van der Waals surface area (Å²) >= 11 is 0. The SMILES string of the molecule is CC/C=C\C/C=C\C/C=C\C/C=C\C/C=C\CCCCCCCCCC(=O)OC(COC(=O)CCCCCCC/C=C\C/C=C\CCCC)COC(=O)CCCCCCCCCCCCCCC/C=C\CCCCCCCCCC. The third kappa shape index (κ3) is 65.1. The minimum absolute atomic E-state index is 0.0855. The summed E-state index contributed by atoms with van der Waals surface area (Å²) in [5, 5.41) is 0. The molecule has 0 aromatic rings. The number of allylic oxidation sites excluding steroid dienone is 16. The zero-order valence-electron chi connectivity index (χ0n) is 52.8. The second kappa shape index (κ2) is 67.8. The van der Waals surface area contributed by atoms with E-state index in [0.717, 1.165) is 122 Å². The van der Waals surface area contributed by atoms with E-state index < -0.39 is 6.10 Å². The van der Waals surface area contributed by atoms with Crippen LogP contribution in [0.2, 0.25) is 0 Å². The number of ether oxygens (including phenoxy) is 3. The summed E-state index contributed by atoms with van der Waals surface area (Å²) in [5.41, 5.74) is 0. The highest BCUT2D eigenvalue weighted by Crippen LogP contribution is 2.17. The van der Waals surface area contributed by atoms with Gasteiger partial charge in [-0.3, -0.25) is 14.4 Å². The van der Waals surface area contributed by atoms with Crippen molar-refractivity contribution in [2.45, 2.75) is 341 Å². The van der Waals surface area contributed by atoms with Gasteiger partial charge in [-0.1, -0.05) is 298 Å². The molecule has 0 aliphatic rings. The number of carbonyl (C=O) groups excluding carboxylic acids is 3. The van der Waals surface area contributed by atoms with Crippen molar-refractivity contribution in [2.75, 3.05) is 13.2 Å². The van der Waals surface area contributed by atoms with Gasteiger partial charge in [0, 0.05) is 19.3 Å². The average Bonchev–Trinajstić information content (AvgIpc) is 3.46. The number of hydrogen-bond acceptors (Lipinski definition) is 6. The van der Waals surface area contributed by atoms with Gasteiger partial charge in [0.25, 0.3) is 0 Å². The average molecular weight is 1110 g/mol. The molecule has 80 heavy (non-hydrogen) atoms. The Morgan fingerprint density at radius 2 is 0.500 bits per heavy atom. The minimum atomic E-state index is -0.792. The van der Waals surface area contributed by atoms with Gasteiger partial charge in [0.2, 0.25) is 0 Å². The van der Waals surface area contributed by atoms with E-state index in [4.69, 9.17) is 14.2 Å². The molecule has 6 nitrogen and oxygen atoms in total. The van der Waals surface area contributed by atoms with Crippen LogP contribution in [0.25, 0.3) is 0 Å². The highest BCUT2D eigenvalue weighted by atomic mass is 16.6. The molecule has 0 aliphatic carbocycles. The van der Waals surface area contributed by atoms with Crippen molar-refractivity contribution in [1.82, 2.24) is 0 Å². The molecular weight excluding hydrogens is 985 g/mol. The van der Waals surface area contributed by atoms with E-state index in [1.165, 1.54) is 173 Å². The van der Waals surface area contributed by atoms with E-state index in [0.29, 0.717) is 19.3 Å². The largest absolute Gasteiger partial charge is 0.462 e. The van der Waals surface area contributed by atoms with Crippen molar-refractivity contribution in [3.63, 3.8) is 0 Å². The fourth-order valence-electron chi connectivity index (χ4n) is 9.66. The molecule has 0 N–H and O–H groups in total. The Kier molecular flexibility index (Phi) is 64.7. The third-order valence-corrected chi connectivity index (χ3v) is 14.8. The van der Waals surface area contributed by atoms with Gasteiger partial charge in [0.15, 0.2) is 6.10 Å². The van der Waals surface area contributed by atoms with Crippen LogP contribution in [-0.2, 0) is 28.6 Å². The molecule has 0 bridgehead atoms. The van der Waals surface area contributed by atoms with E-state index in [9.17, 15) is 14.4 Å². The fourth-order valence-corrected chi connectivity index (χ4v) is 9.66. The fraction of sp³-hybridized carbons (Fsp3) is 0.743. The summed E-state index contributed by atoms with van der Waals surface area (Å²) in [6, 6.07) is 0. The number of carbonyl (C=O) groups is 3. The molecule has 1 unspecified atom stereocenters. The maximum atomic E-state index is 12.9. The summed E-state index contributed by atoms with van der Waals surface area (Å²) in [5.74, 6) is -0.898. The zero-order valence-corrected chi connectivity index (χ0v) is 52.8. The smallest absolute Gasteiger partial charge is 0.306 e. The van der Waals surface area contributed by atoms with E-state index in [1.807, 2.05) is 0 Å². The predicted molar refractivity (Wildman–Crippen MR) is 348 cm³/mol. The second-order valence-electron chi connectivity index (χ2n) is 22.7. The third-order valence-electron chi connectivity index (χ3n) is 14.8. The van der Waals surface area contributed by atoms with Gasteiger partial charge in [0.1, 0.15) is 13.2 Å². The lowest BCUT2D eigenvalue weighted by Crippen LogP contribution is -2.30. The van der Waals surface area contributed by atoms with Crippen molar-refractivity contribution in [3.05, 3.63) is 97.2 Å². The molecule has 0 heterocycles. The van der Waals surface area contributed by atoms with Gasteiger partial charge >= 0.3 is 17.9 Å². The highest BCUT2D eigenvalue weighted by Gasteiger charge is 2.19. The first-order valence-electron chi connectivity index (χ1n) is 34.2. The highest BCUT2D eigenvalue weighted by molar-refractivity contribution is 5.71. The minimum Gasteiger partial charge on any atom is -0.462 e. The maximum Gasteiger partial charge on any atom is 0.306 e. The first-order valence-corrected chi connectivity index (χ1v) is 34.2. The quantitative estimate of drug-likeness (QED) is 0.0261. The van der Waals surface area contributed by atoms with Crippen molar-refractivity contribution in [1.29, 1.82) is 0 Å². The predicted octanol–water partition coefficient (Wildman–Crippen LogP) is 23.6. The van der Waals surface area contributed by atoms with Crippen LogP contribution in [-0.4, -0.2) is 37.2 Å². The van der Waals surface area contributed by atoms with Crippen LogP contribution in [0.15, 0.2) is 97.2 Å². The summed E-state index contributed by atoms with van der Waals surface area (Å²) < 4.78 is 17.0. The molecular formula is C74H128O6. The van der Waals surface area contributed by atoms with Gasteiger partial charge < -0.3 is 14.2 Å². The lowest BCUT2D eigenvalue weighted by Gasteiger charge is -2.18. The van der Waals surface area contributed by atoms with Gasteiger partial charge in [-0.15, -0.1) is 0 Å². The van der Waals surface area contributed by atoms with Crippen LogP contribution < -0.4 is 0 Å². The molecule has 0 saturated heterocycles. The standard InChI is InChI=1S/C74H128O6/c1-4-7-10-13-16-19-22-25-28-30-32-34-36-37-39-40-42-44-46-49-52-55-58-61-64-67-73(76)79-70-71(69-78-72(75)66-63-60-57-54-51-48-27-24-21-18-15-12-9-6-3)80-74(77)68-65-62-59-56-53-50-47-45-43-41-38-35-33-31-29-26-23-20-17-14-11-8-5-2/h8,11,15,17-18,20,24,26-27,29-30,32-33,35,41,43,71H,4-7,9-10,12-14,16,19,21-23,25,28,31,34,36-40,42,44-70H2,1-3H3/b11-8-,18-15-,20-17-,27-24-,29-26-,32-30-,35-33-,43-41-. The van der Waals surface area contributed by atoms with Crippen LogP contribution in [0.4, 0.5) is 0 Å². The second-order valence-corrected chi connectivity index (χ2v) is 22.7. The number of rotatable bonds is 62. The zero-order chi connectivity index (χ0) is 57.8. The Balaban J connectivity index is 4.34. The molecule has 460 valence electrons.